The normalized spacial score (nSPS) is 26.7. The highest BCUT2D eigenvalue weighted by Gasteiger charge is 2.50. The van der Waals surface area contributed by atoms with E-state index >= 15 is 0 Å². The second kappa shape index (κ2) is 6.33. The molecule has 1 aliphatic carbocycles. The molecular weight excluding hydrogens is 230 g/mol. The molecule has 4 nitrogen and oxygen atoms in total. The van der Waals surface area contributed by atoms with Gasteiger partial charge in [-0.15, -0.1) is 0 Å². The van der Waals surface area contributed by atoms with Crippen molar-refractivity contribution in [2.24, 2.45) is 0 Å². The average molecular weight is 259 g/mol. The summed E-state index contributed by atoms with van der Waals surface area (Å²) in [6.45, 7) is 4.95. The van der Waals surface area contributed by atoms with Gasteiger partial charge in [0.25, 0.3) is 0 Å². The summed E-state index contributed by atoms with van der Waals surface area (Å²) in [5, 5.41) is 30.4. The zero-order valence-electron chi connectivity index (χ0n) is 12.1. The van der Waals surface area contributed by atoms with E-state index in [9.17, 15) is 15.3 Å². The first-order valence-corrected chi connectivity index (χ1v) is 7.12. The molecule has 108 valence electrons. The second-order valence-electron chi connectivity index (χ2n) is 5.82. The minimum absolute atomic E-state index is 0.331. The van der Waals surface area contributed by atoms with Crippen molar-refractivity contribution in [3.63, 3.8) is 0 Å². The van der Waals surface area contributed by atoms with E-state index < -0.39 is 23.9 Å². The Hall–Kier alpha value is -0.160. The van der Waals surface area contributed by atoms with Gasteiger partial charge in [-0.2, -0.15) is 0 Å². The van der Waals surface area contributed by atoms with Gasteiger partial charge in [0, 0.05) is 6.04 Å². The lowest BCUT2D eigenvalue weighted by Crippen LogP contribution is -2.69. The van der Waals surface area contributed by atoms with Gasteiger partial charge in [-0.1, -0.05) is 19.3 Å². The van der Waals surface area contributed by atoms with Crippen molar-refractivity contribution in [3.8, 4) is 0 Å². The quantitative estimate of drug-likeness (QED) is 0.692. The van der Waals surface area contributed by atoms with Gasteiger partial charge >= 0.3 is 0 Å². The van der Waals surface area contributed by atoms with E-state index in [4.69, 9.17) is 0 Å². The molecule has 0 aromatic carbocycles. The van der Waals surface area contributed by atoms with Crippen molar-refractivity contribution in [2.75, 3.05) is 7.05 Å². The van der Waals surface area contributed by atoms with Crippen LogP contribution in [0.15, 0.2) is 0 Å². The molecule has 1 aliphatic rings. The van der Waals surface area contributed by atoms with Crippen LogP contribution in [0, 0.1) is 0 Å². The van der Waals surface area contributed by atoms with Crippen molar-refractivity contribution >= 4 is 0 Å². The summed E-state index contributed by atoms with van der Waals surface area (Å²) in [6.07, 6.45) is 3.41. The molecule has 1 saturated carbocycles. The minimum Gasteiger partial charge on any atom is -0.391 e. The van der Waals surface area contributed by atoms with Crippen LogP contribution in [0.4, 0.5) is 0 Å². The topological polar surface area (TPSA) is 63.9 Å². The fourth-order valence-electron chi connectivity index (χ4n) is 3.72. The third-order valence-corrected chi connectivity index (χ3v) is 4.74. The summed E-state index contributed by atoms with van der Waals surface area (Å²) in [4.78, 5) is 2.02. The Kier molecular flexibility index (Phi) is 5.59. The van der Waals surface area contributed by atoms with Crippen LogP contribution < -0.4 is 0 Å². The molecule has 1 rings (SSSR count). The van der Waals surface area contributed by atoms with Crippen molar-refractivity contribution in [1.82, 2.24) is 4.90 Å². The maximum atomic E-state index is 10.1. The van der Waals surface area contributed by atoms with E-state index in [2.05, 4.69) is 0 Å². The van der Waals surface area contributed by atoms with Gasteiger partial charge in [-0.05, 0) is 40.7 Å². The summed E-state index contributed by atoms with van der Waals surface area (Å²) < 4.78 is 0. The Morgan fingerprint density at radius 2 is 1.28 bits per heavy atom. The van der Waals surface area contributed by atoms with Crippen LogP contribution in [0.5, 0.6) is 0 Å². The molecule has 0 radical (unpaired) electrons. The zero-order chi connectivity index (χ0) is 13.9. The standard InChI is InChI=1S/C14H29NO3/c1-10(16)14(11(2)17,12(3)18)15(4)13-8-6-5-7-9-13/h10-13,16-18H,5-9H2,1-4H3. The predicted octanol–water partition coefficient (Wildman–Crippen LogP) is 1.13. The van der Waals surface area contributed by atoms with Gasteiger partial charge in [0.1, 0.15) is 0 Å². The highest BCUT2D eigenvalue weighted by atomic mass is 16.3. The number of aliphatic hydroxyl groups excluding tert-OH is 3. The molecular formula is C14H29NO3. The van der Waals surface area contributed by atoms with Gasteiger partial charge in [0.15, 0.2) is 0 Å². The fraction of sp³-hybridized carbons (Fsp3) is 1.00. The molecule has 0 heterocycles. The molecule has 18 heavy (non-hydrogen) atoms. The first-order chi connectivity index (χ1) is 8.35. The monoisotopic (exact) mass is 259 g/mol. The Morgan fingerprint density at radius 1 is 0.889 bits per heavy atom. The number of hydrogen-bond acceptors (Lipinski definition) is 4. The number of likely N-dealkylation sites (N-methyl/N-ethyl adjacent to an activating group) is 1. The largest absolute Gasteiger partial charge is 0.391 e. The minimum atomic E-state index is -0.984. The Morgan fingerprint density at radius 3 is 1.61 bits per heavy atom. The van der Waals surface area contributed by atoms with Crippen LogP contribution in [-0.2, 0) is 0 Å². The smallest absolute Gasteiger partial charge is 0.0983 e. The number of rotatable bonds is 5. The second-order valence-corrected chi connectivity index (χ2v) is 5.82. The lowest BCUT2D eigenvalue weighted by Gasteiger charge is -2.52. The predicted molar refractivity (Wildman–Crippen MR) is 72.4 cm³/mol. The summed E-state index contributed by atoms with van der Waals surface area (Å²) >= 11 is 0. The zero-order valence-corrected chi connectivity index (χ0v) is 12.1. The van der Waals surface area contributed by atoms with Gasteiger partial charge in [0.05, 0.1) is 23.9 Å². The molecule has 0 aromatic heterocycles. The molecule has 0 bridgehead atoms. The van der Waals surface area contributed by atoms with E-state index in [1.165, 1.54) is 19.3 Å². The summed E-state index contributed by atoms with van der Waals surface area (Å²) in [7, 11) is 1.92. The van der Waals surface area contributed by atoms with E-state index in [1.807, 2.05) is 11.9 Å². The van der Waals surface area contributed by atoms with Crippen LogP contribution in [-0.4, -0.2) is 57.2 Å². The molecule has 0 aromatic rings. The molecule has 0 saturated heterocycles. The van der Waals surface area contributed by atoms with Gasteiger partial charge in [-0.3, -0.25) is 4.90 Å². The number of aliphatic hydroxyl groups is 3. The van der Waals surface area contributed by atoms with Crippen LogP contribution in [0.3, 0.4) is 0 Å². The average Bonchev–Trinajstić information content (AvgIpc) is 2.29. The summed E-state index contributed by atoms with van der Waals surface area (Å²) in [5.41, 5.74) is -0.984. The molecule has 3 unspecified atom stereocenters. The third-order valence-electron chi connectivity index (χ3n) is 4.74. The van der Waals surface area contributed by atoms with E-state index in [1.54, 1.807) is 20.8 Å². The number of hydrogen-bond donors (Lipinski definition) is 3. The molecule has 0 amide bonds. The lowest BCUT2D eigenvalue weighted by atomic mass is 9.78. The van der Waals surface area contributed by atoms with Crippen molar-refractivity contribution in [3.05, 3.63) is 0 Å². The van der Waals surface area contributed by atoms with Gasteiger partial charge < -0.3 is 15.3 Å². The Balaban J connectivity index is 3.00. The molecule has 0 spiro atoms. The summed E-state index contributed by atoms with van der Waals surface area (Å²) in [5.74, 6) is 0. The maximum absolute atomic E-state index is 10.1. The summed E-state index contributed by atoms with van der Waals surface area (Å²) in [6, 6.07) is 0.331. The van der Waals surface area contributed by atoms with Crippen LogP contribution in [0.2, 0.25) is 0 Å². The number of nitrogens with zero attached hydrogens (tertiary/aromatic N) is 1. The first-order valence-electron chi connectivity index (χ1n) is 7.12. The fourth-order valence-corrected chi connectivity index (χ4v) is 3.72. The van der Waals surface area contributed by atoms with E-state index in [-0.39, 0.29) is 0 Å². The van der Waals surface area contributed by atoms with E-state index in [0.29, 0.717) is 6.04 Å². The van der Waals surface area contributed by atoms with Gasteiger partial charge in [-0.25, -0.2) is 0 Å². The molecule has 3 atom stereocenters. The van der Waals surface area contributed by atoms with E-state index in [0.717, 1.165) is 12.8 Å². The van der Waals surface area contributed by atoms with Crippen molar-refractivity contribution < 1.29 is 15.3 Å². The first kappa shape index (κ1) is 15.9. The molecule has 3 N–H and O–H groups in total. The Bertz CT molecular complexity index is 226. The molecule has 0 aliphatic heterocycles. The SMILES string of the molecule is CC(O)C(C(C)O)(C(C)O)N(C)C1CCCCC1. The molecule has 1 fully saturated rings. The Labute approximate surface area is 111 Å². The van der Waals surface area contributed by atoms with Crippen LogP contribution in [0.25, 0.3) is 0 Å². The molecule has 4 heteroatoms. The highest BCUT2D eigenvalue weighted by Crippen LogP contribution is 2.34. The highest BCUT2D eigenvalue weighted by molar-refractivity contribution is 5.04. The van der Waals surface area contributed by atoms with Crippen molar-refractivity contribution in [1.29, 1.82) is 0 Å². The maximum Gasteiger partial charge on any atom is 0.0983 e. The van der Waals surface area contributed by atoms with Gasteiger partial charge in [0.2, 0.25) is 0 Å². The third kappa shape index (κ3) is 2.72. The van der Waals surface area contributed by atoms with Crippen LogP contribution >= 0.6 is 0 Å². The lowest BCUT2D eigenvalue weighted by molar-refractivity contribution is -0.155. The van der Waals surface area contributed by atoms with Crippen molar-refractivity contribution in [2.45, 2.75) is 82.8 Å². The van der Waals surface area contributed by atoms with Crippen LogP contribution in [0.1, 0.15) is 52.9 Å².